The second kappa shape index (κ2) is 11.1. The predicted molar refractivity (Wildman–Crippen MR) is 123 cm³/mol. The molecule has 0 amide bonds. The highest BCUT2D eigenvalue weighted by molar-refractivity contribution is 5.22. The lowest BCUT2D eigenvalue weighted by molar-refractivity contribution is -0.231. The van der Waals surface area contributed by atoms with Gasteiger partial charge < -0.3 is 25.2 Å². The number of fused-ring (bicyclic) bond motifs is 1. The maximum atomic E-state index is 10.6. The van der Waals surface area contributed by atoms with Crippen molar-refractivity contribution in [2.24, 2.45) is 17.8 Å². The summed E-state index contributed by atoms with van der Waals surface area (Å²) >= 11 is 0. The summed E-state index contributed by atoms with van der Waals surface area (Å²) in [5, 5.41) is 40.4. The van der Waals surface area contributed by atoms with Gasteiger partial charge in [0.2, 0.25) is 0 Å². The fraction of sp³-hybridized carbons (Fsp3) is 0.630. The molecule has 7 unspecified atom stereocenters. The van der Waals surface area contributed by atoms with Gasteiger partial charge in [0.25, 0.3) is 0 Å². The summed E-state index contributed by atoms with van der Waals surface area (Å²) in [6.07, 6.45) is 4.78. The second-order valence-corrected chi connectivity index (χ2v) is 9.95. The molecule has 1 saturated heterocycles. The molecule has 4 rings (SSSR count). The van der Waals surface area contributed by atoms with Crippen LogP contribution in [0.5, 0.6) is 0 Å². The normalized spacial score (nSPS) is 37.2. The minimum absolute atomic E-state index is 0.425. The highest BCUT2D eigenvalue weighted by Crippen LogP contribution is 2.47. The summed E-state index contributed by atoms with van der Waals surface area (Å²) in [7, 11) is 0. The average Bonchev–Trinajstić information content (AvgIpc) is 3.53. The van der Waals surface area contributed by atoms with Crippen LogP contribution in [0.2, 0.25) is 0 Å². The van der Waals surface area contributed by atoms with Crippen LogP contribution in [0, 0.1) is 17.8 Å². The highest BCUT2D eigenvalue weighted by Gasteiger charge is 2.43. The molecule has 3 fully saturated rings. The Kier molecular flexibility index (Phi) is 8.19. The highest BCUT2D eigenvalue weighted by atomic mass is 16.5. The maximum Gasteiger partial charge on any atom is 0.113 e. The van der Waals surface area contributed by atoms with E-state index in [2.05, 4.69) is 18.2 Å². The summed E-state index contributed by atoms with van der Waals surface area (Å²) in [4.78, 5) is 0. The Labute approximate surface area is 191 Å². The van der Waals surface area contributed by atoms with Crippen molar-refractivity contribution in [3.8, 4) is 0 Å². The van der Waals surface area contributed by atoms with E-state index >= 15 is 0 Å². The van der Waals surface area contributed by atoms with Crippen molar-refractivity contribution in [3.63, 3.8) is 0 Å². The van der Waals surface area contributed by atoms with E-state index in [1.165, 1.54) is 50.5 Å². The first-order valence-corrected chi connectivity index (χ1v) is 12.3. The zero-order valence-corrected chi connectivity index (χ0v) is 18.8. The molecule has 2 aliphatic carbocycles. The van der Waals surface area contributed by atoms with Crippen LogP contribution in [-0.2, 0) is 11.2 Å². The molecule has 1 heterocycles. The van der Waals surface area contributed by atoms with E-state index in [4.69, 9.17) is 4.74 Å². The quantitative estimate of drug-likeness (QED) is 0.573. The lowest BCUT2D eigenvalue weighted by Gasteiger charge is -2.40. The Hall–Kier alpha value is -1.50. The molecule has 7 atom stereocenters. The third kappa shape index (κ3) is 5.89. The van der Waals surface area contributed by atoms with Crippen molar-refractivity contribution >= 4 is 0 Å². The number of aliphatic hydroxyl groups excluding tert-OH is 4. The zero-order valence-electron chi connectivity index (χ0n) is 18.8. The molecule has 0 spiro atoms. The lowest BCUT2D eigenvalue weighted by atomic mass is 9.89. The maximum absolute atomic E-state index is 10.6. The fourth-order valence-corrected chi connectivity index (χ4v) is 5.53. The zero-order chi connectivity index (χ0) is 22.5. The molecule has 5 nitrogen and oxygen atoms in total. The monoisotopic (exact) mass is 442 g/mol. The molecule has 32 heavy (non-hydrogen) atoms. The molecule has 1 aliphatic heterocycles. The fourth-order valence-electron chi connectivity index (χ4n) is 5.53. The van der Waals surface area contributed by atoms with E-state index in [0.717, 1.165) is 18.3 Å². The van der Waals surface area contributed by atoms with Gasteiger partial charge in [0.05, 0.1) is 6.61 Å². The molecular weight excluding hydrogens is 404 g/mol. The average molecular weight is 443 g/mol. The molecular formula is C27H38O5. The van der Waals surface area contributed by atoms with Gasteiger partial charge in [0.15, 0.2) is 0 Å². The lowest BCUT2D eigenvalue weighted by Crippen LogP contribution is -2.55. The van der Waals surface area contributed by atoms with Crippen molar-refractivity contribution in [2.75, 3.05) is 6.61 Å². The minimum atomic E-state index is -1.38. The van der Waals surface area contributed by atoms with Crippen LogP contribution in [0.15, 0.2) is 48.5 Å². The number of hydrogen-bond donors (Lipinski definition) is 4. The van der Waals surface area contributed by atoms with E-state index in [9.17, 15) is 20.4 Å². The summed E-state index contributed by atoms with van der Waals surface area (Å²) < 4.78 is 5.78. The molecule has 0 bridgehead atoms. The first-order chi connectivity index (χ1) is 15.6. The van der Waals surface area contributed by atoms with Crippen LogP contribution < -0.4 is 0 Å². The molecule has 176 valence electrons. The summed E-state index contributed by atoms with van der Waals surface area (Å²) in [6.45, 7) is -0.425. The van der Waals surface area contributed by atoms with Gasteiger partial charge in [0, 0.05) is 0 Å². The van der Waals surface area contributed by atoms with Crippen LogP contribution in [0.3, 0.4) is 0 Å². The van der Waals surface area contributed by atoms with Crippen LogP contribution in [0.1, 0.15) is 62.2 Å². The van der Waals surface area contributed by atoms with Crippen molar-refractivity contribution in [2.45, 2.75) is 81.9 Å². The summed E-state index contributed by atoms with van der Waals surface area (Å²) in [6, 6.07) is 15.9. The molecule has 5 heteroatoms. The Morgan fingerprint density at radius 3 is 2.12 bits per heavy atom. The minimum Gasteiger partial charge on any atom is -0.394 e. The van der Waals surface area contributed by atoms with Gasteiger partial charge in [-0.2, -0.15) is 0 Å². The smallest absolute Gasteiger partial charge is 0.113 e. The van der Waals surface area contributed by atoms with Gasteiger partial charge in [0.1, 0.15) is 30.5 Å². The largest absolute Gasteiger partial charge is 0.394 e. The van der Waals surface area contributed by atoms with Crippen LogP contribution in [0.4, 0.5) is 0 Å². The van der Waals surface area contributed by atoms with E-state index < -0.39 is 37.1 Å². The predicted octanol–water partition coefficient (Wildman–Crippen LogP) is 3.47. The molecule has 0 radical (unpaired) electrons. The van der Waals surface area contributed by atoms with E-state index in [0.29, 0.717) is 11.5 Å². The molecule has 2 saturated carbocycles. The Bertz CT molecular complexity index is 781. The third-order valence-corrected chi connectivity index (χ3v) is 7.61. The molecule has 1 aromatic rings. The van der Waals surface area contributed by atoms with Gasteiger partial charge in [-0.15, -0.1) is 0 Å². The number of hydrogen-bond acceptors (Lipinski definition) is 5. The standard InChI is InChI=1S/C27H38O5/c28-17-23-24(29)25(30)26(31)27(32-23)20-10-4-2-1-3-7-19(13-14-20)15-18-8-5-11-21-16-22(21)12-6-9-18/h1-4,7,10,13-14,18,21-31H,5-6,8-9,11-12,15-17H2. The first kappa shape index (κ1) is 23.7. The number of rotatable bonds is 4. The number of ether oxygens (including phenoxy) is 1. The van der Waals surface area contributed by atoms with Gasteiger partial charge in [-0.3, -0.25) is 0 Å². The Balaban J connectivity index is 1.54. The molecule has 3 aliphatic rings. The van der Waals surface area contributed by atoms with Crippen molar-refractivity contribution in [1.82, 2.24) is 0 Å². The number of aliphatic hydroxyl groups is 4. The van der Waals surface area contributed by atoms with E-state index in [-0.39, 0.29) is 0 Å². The van der Waals surface area contributed by atoms with Gasteiger partial charge >= 0.3 is 0 Å². The van der Waals surface area contributed by atoms with E-state index in [1.54, 1.807) is 0 Å². The van der Waals surface area contributed by atoms with Crippen molar-refractivity contribution in [1.29, 1.82) is 0 Å². The van der Waals surface area contributed by atoms with Gasteiger partial charge in [-0.05, 0) is 41.7 Å². The first-order valence-electron chi connectivity index (χ1n) is 12.3. The van der Waals surface area contributed by atoms with E-state index in [1.807, 2.05) is 30.3 Å². The van der Waals surface area contributed by atoms with Crippen molar-refractivity contribution < 1.29 is 25.2 Å². The topological polar surface area (TPSA) is 90.2 Å². The molecule has 0 aromatic heterocycles. The summed E-state index contributed by atoms with van der Waals surface area (Å²) in [5.41, 5.74) is 1.94. The second-order valence-electron chi connectivity index (χ2n) is 9.95. The Morgan fingerprint density at radius 2 is 1.44 bits per heavy atom. The van der Waals surface area contributed by atoms with Crippen LogP contribution >= 0.6 is 0 Å². The van der Waals surface area contributed by atoms with Crippen molar-refractivity contribution in [3.05, 3.63) is 59.7 Å². The van der Waals surface area contributed by atoms with Gasteiger partial charge in [-0.25, -0.2) is 0 Å². The van der Waals surface area contributed by atoms with Crippen LogP contribution in [0.25, 0.3) is 0 Å². The molecule has 4 N–H and O–H groups in total. The Morgan fingerprint density at radius 1 is 0.750 bits per heavy atom. The molecule has 1 aromatic carbocycles. The summed E-state index contributed by atoms with van der Waals surface area (Å²) in [5.74, 6) is 2.69. The van der Waals surface area contributed by atoms with Crippen LogP contribution in [-0.4, -0.2) is 51.4 Å². The third-order valence-electron chi connectivity index (χ3n) is 7.61. The SMILES string of the molecule is OCC1OC(c2ccccccc(CC3CCCC4CC4CCC3)cc2)C(O)C(O)C1O. The van der Waals surface area contributed by atoms with Gasteiger partial charge in [-0.1, -0.05) is 87.1 Å².